The van der Waals surface area contributed by atoms with Gasteiger partial charge in [0.15, 0.2) is 11.6 Å². The van der Waals surface area contributed by atoms with E-state index >= 15 is 0 Å². The summed E-state index contributed by atoms with van der Waals surface area (Å²) in [5.74, 6) is 0.128. The van der Waals surface area contributed by atoms with Crippen LogP contribution in [0, 0.1) is 11.6 Å². The lowest BCUT2D eigenvalue weighted by Crippen LogP contribution is -2.34. The largest absolute Gasteiger partial charge is 0.494 e. The molecule has 0 bridgehead atoms. The van der Waals surface area contributed by atoms with Crippen molar-refractivity contribution >= 4 is 5.69 Å². The Balaban J connectivity index is 1.57. The molecule has 0 spiro atoms. The normalized spacial score (nSPS) is 20.7. The molecule has 0 unspecified atom stereocenters. The van der Waals surface area contributed by atoms with Crippen LogP contribution in [0.4, 0.5) is 14.5 Å². The van der Waals surface area contributed by atoms with Crippen molar-refractivity contribution in [1.82, 2.24) is 0 Å². The highest BCUT2D eigenvalue weighted by Gasteiger charge is 2.30. The molecule has 1 N–H and O–H groups in total. The summed E-state index contributed by atoms with van der Waals surface area (Å²) in [5, 5.41) is 3.31. The lowest BCUT2D eigenvalue weighted by atomic mass is 9.76. The Morgan fingerprint density at radius 2 is 1.76 bits per heavy atom. The molecule has 2 aromatic carbocycles. The predicted molar refractivity (Wildman–Crippen MR) is 78.7 cm³/mol. The molecule has 0 radical (unpaired) electrons. The van der Waals surface area contributed by atoms with Crippen LogP contribution in [0.5, 0.6) is 5.75 Å². The number of nitrogens with one attached hydrogen (secondary N) is 1. The van der Waals surface area contributed by atoms with Crippen molar-refractivity contribution in [2.75, 3.05) is 12.4 Å². The maximum atomic E-state index is 13.6. The number of ether oxygens (including phenoxy) is 1. The molecule has 1 fully saturated rings. The number of benzene rings is 2. The minimum absolute atomic E-state index is 0.207. The summed E-state index contributed by atoms with van der Waals surface area (Å²) in [7, 11) is 1.45. The van der Waals surface area contributed by atoms with E-state index in [1.54, 1.807) is 6.07 Å². The summed E-state index contributed by atoms with van der Waals surface area (Å²) < 4.78 is 31.4. The molecule has 1 aliphatic carbocycles. The van der Waals surface area contributed by atoms with Gasteiger partial charge in [0.2, 0.25) is 0 Å². The Morgan fingerprint density at radius 1 is 1.05 bits per heavy atom. The van der Waals surface area contributed by atoms with Crippen molar-refractivity contribution in [3.63, 3.8) is 0 Å². The highest BCUT2D eigenvalue weighted by Crippen LogP contribution is 2.38. The van der Waals surface area contributed by atoms with Gasteiger partial charge in [-0.05, 0) is 48.6 Å². The number of anilines is 1. The van der Waals surface area contributed by atoms with Gasteiger partial charge in [0.05, 0.1) is 7.11 Å². The highest BCUT2D eigenvalue weighted by atomic mass is 19.1. The average Bonchev–Trinajstić information content (AvgIpc) is 2.44. The van der Waals surface area contributed by atoms with Crippen molar-refractivity contribution in [3.05, 3.63) is 59.7 Å². The minimum Gasteiger partial charge on any atom is -0.494 e. The molecule has 21 heavy (non-hydrogen) atoms. The fraction of sp³-hybridized carbons (Fsp3) is 0.294. The van der Waals surface area contributed by atoms with Crippen LogP contribution in [0.15, 0.2) is 42.5 Å². The van der Waals surface area contributed by atoms with E-state index in [0.29, 0.717) is 12.0 Å². The Kier molecular flexibility index (Phi) is 3.78. The van der Waals surface area contributed by atoms with Gasteiger partial charge in [0.25, 0.3) is 0 Å². The standard InChI is InChI=1S/C17H17F2NO/c1-21-17-7-6-14(10-16(17)19)20-15-8-12(9-15)11-2-4-13(18)5-3-11/h2-7,10,12,15,20H,8-9H2,1H3. The predicted octanol–water partition coefficient (Wildman–Crippen LogP) is 4.33. The first-order valence-electron chi connectivity index (χ1n) is 7.01. The molecule has 110 valence electrons. The summed E-state index contributed by atoms with van der Waals surface area (Å²) in [4.78, 5) is 0. The zero-order chi connectivity index (χ0) is 14.8. The van der Waals surface area contributed by atoms with Crippen molar-refractivity contribution in [2.45, 2.75) is 24.8 Å². The number of hydrogen-bond donors (Lipinski definition) is 1. The van der Waals surface area contributed by atoms with Crippen LogP contribution in [0.25, 0.3) is 0 Å². The summed E-state index contributed by atoms with van der Waals surface area (Å²) in [6.45, 7) is 0. The Labute approximate surface area is 122 Å². The molecule has 1 saturated carbocycles. The first-order valence-corrected chi connectivity index (χ1v) is 7.01. The van der Waals surface area contributed by atoms with Gasteiger partial charge in [-0.25, -0.2) is 8.78 Å². The number of rotatable bonds is 4. The van der Waals surface area contributed by atoms with Crippen LogP contribution in [0.1, 0.15) is 24.3 Å². The summed E-state index contributed by atoms with van der Waals surface area (Å²) in [6.07, 6.45) is 1.94. The topological polar surface area (TPSA) is 21.3 Å². The van der Waals surface area contributed by atoms with Crippen LogP contribution in [-0.4, -0.2) is 13.2 Å². The molecule has 0 amide bonds. The second-order valence-corrected chi connectivity index (χ2v) is 5.41. The van der Waals surface area contributed by atoms with Gasteiger partial charge in [0.1, 0.15) is 5.82 Å². The second kappa shape index (κ2) is 5.72. The number of methoxy groups -OCH3 is 1. The van der Waals surface area contributed by atoms with E-state index in [0.717, 1.165) is 24.1 Å². The average molecular weight is 289 g/mol. The van der Waals surface area contributed by atoms with Crippen molar-refractivity contribution in [2.24, 2.45) is 0 Å². The van der Waals surface area contributed by atoms with Crippen LogP contribution in [-0.2, 0) is 0 Å². The second-order valence-electron chi connectivity index (χ2n) is 5.41. The molecule has 1 aliphatic rings. The Morgan fingerprint density at radius 3 is 2.38 bits per heavy atom. The van der Waals surface area contributed by atoms with Crippen molar-refractivity contribution in [3.8, 4) is 5.75 Å². The van der Waals surface area contributed by atoms with Gasteiger partial charge in [-0.2, -0.15) is 0 Å². The first kappa shape index (κ1) is 13.9. The van der Waals surface area contributed by atoms with Gasteiger partial charge in [-0.15, -0.1) is 0 Å². The molecule has 2 aromatic rings. The molecule has 0 aliphatic heterocycles. The van der Waals surface area contributed by atoms with Crippen LogP contribution < -0.4 is 10.1 Å². The first-order chi connectivity index (χ1) is 10.2. The van der Waals surface area contributed by atoms with E-state index in [2.05, 4.69) is 5.32 Å². The van der Waals surface area contributed by atoms with E-state index in [4.69, 9.17) is 4.74 Å². The zero-order valence-corrected chi connectivity index (χ0v) is 11.8. The Bertz CT molecular complexity index is 621. The quantitative estimate of drug-likeness (QED) is 0.904. The third-order valence-corrected chi connectivity index (χ3v) is 4.00. The van der Waals surface area contributed by atoms with Crippen LogP contribution >= 0.6 is 0 Å². The fourth-order valence-corrected chi connectivity index (χ4v) is 2.73. The molecular weight excluding hydrogens is 272 g/mol. The lowest BCUT2D eigenvalue weighted by molar-refractivity contribution is 0.372. The monoisotopic (exact) mass is 289 g/mol. The molecular formula is C17H17F2NO. The van der Waals surface area contributed by atoms with Crippen LogP contribution in [0.2, 0.25) is 0 Å². The third-order valence-electron chi connectivity index (χ3n) is 4.00. The molecule has 0 aromatic heterocycles. The van der Waals surface area contributed by atoms with E-state index in [1.165, 1.54) is 25.3 Å². The fourth-order valence-electron chi connectivity index (χ4n) is 2.73. The maximum absolute atomic E-state index is 13.6. The van der Waals surface area contributed by atoms with E-state index in [9.17, 15) is 8.78 Å². The minimum atomic E-state index is -0.364. The van der Waals surface area contributed by atoms with Crippen molar-refractivity contribution < 1.29 is 13.5 Å². The van der Waals surface area contributed by atoms with Gasteiger partial charge < -0.3 is 10.1 Å². The third kappa shape index (κ3) is 2.99. The van der Waals surface area contributed by atoms with Crippen molar-refractivity contribution in [1.29, 1.82) is 0 Å². The summed E-state index contributed by atoms with van der Waals surface area (Å²) in [5.41, 5.74) is 1.92. The molecule has 0 saturated heterocycles. The van der Waals surface area contributed by atoms with E-state index in [-0.39, 0.29) is 17.4 Å². The van der Waals surface area contributed by atoms with E-state index in [1.807, 2.05) is 18.2 Å². The van der Waals surface area contributed by atoms with E-state index < -0.39 is 0 Å². The smallest absolute Gasteiger partial charge is 0.167 e. The summed E-state index contributed by atoms with van der Waals surface area (Å²) in [6, 6.07) is 11.9. The Hall–Kier alpha value is -2.10. The van der Waals surface area contributed by atoms with Gasteiger partial charge in [0, 0.05) is 17.8 Å². The maximum Gasteiger partial charge on any atom is 0.167 e. The molecule has 2 nitrogen and oxygen atoms in total. The SMILES string of the molecule is COc1ccc(NC2CC(c3ccc(F)cc3)C2)cc1F. The van der Waals surface area contributed by atoms with Gasteiger partial charge in [-0.1, -0.05) is 12.1 Å². The molecule has 4 heteroatoms. The van der Waals surface area contributed by atoms with Crippen LogP contribution in [0.3, 0.4) is 0 Å². The summed E-state index contributed by atoms with van der Waals surface area (Å²) >= 11 is 0. The molecule has 3 rings (SSSR count). The highest BCUT2D eigenvalue weighted by molar-refractivity contribution is 5.48. The number of halogens is 2. The zero-order valence-electron chi connectivity index (χ0n) is 11.8. The molecule has 0 atom stereocenters. The van der Waals surface area contributed by atoms with Gasteiger partial charge >= 0.3 is 0 Å². The number of hydrogen-bond acceptors (Lipinski definition) is 2. The molecule has 0 heterocycles. The lowest BCUT2D eigenvalue weighted by Gasteiger charge is -2.37. The van der Waals surface area contributed by atoms with Gasteiger partial charge in [-0.3, -0.25) is 0 Å².